The summed E-state index contributed by atoms with van der Waals surface area (Å²) in [6, 6.07) is -0.808. The van der Waals surface area contributed by atoms with Crippen molar-refractivity contribution in [3.05, 3.63) is 0 Å². The van der Waals surface area contributed by atoms with E-state index in [1.807, 2.05) is 12.2 Å². The fourth-order valence-electron chi connectivity index (χ4n) is 0.594. The van der Waals surface area contributed by atoms with E-state index in [4.69, 9.17) is 11.5 Å². The Morgan fingerprint density at radius 2 is 2.15 bits per heavy atom. The standard InChI is InChI=1S/C7H15N3O2S/c1-5(2-8)3-13-4-6(11)10-7(9)12/h5H,2-4,8H2,1H3,(H3,9,10,11,12). The topological polar surface area (TPSA) is 98.2 Å². The Morgan fingerprint density at radius 3 is 2.62 bits per heavy atom. The Bertz CT molecular complexity index is 187. The zero-order valence-corrected chi connectivity index (χ0v) is 8.39. The molecule has 0 fully saturated rings. The summed E-state index contributed by atoms with van der Waals surface area (Å²) in [4.78, 5) is 21.1. The molecule has 0 radical (unpaired) electrons. The van der Waals surface area contributed by atoms with Crippen molar-refractivity contribution in [2.75, 3.05) is 18.1 Å². The number of imide groups is 1. The molecule has 0 aromatic carbocycles. The van der Waals surface area contributed by atoms with E-state index < -0.39 is 6.03 Å². The maximum atomic E-state index is 10.9. The molecule has 6 heteroatoms. The smallest absolute Gasteiger partial charge is 0.318 e. The second kappa shape index (κ2) is 6.73. The summed E-state index contributed by atoms with van der Waals surface area (Å²) in [6.07, 6.45) is 0. The van der Waals surface area contributed by atoms with Crippen molar-refractivity contribution in [1.29, 1.82) is 0 Å². The first-order valence-electron chi connectivity index (χ1n) is 3.93. The molecule has 0 rings (SSSR count). The quantitative estimate of drug-likeness (QED) is 0.564. The lowest BCUT2D eigenvalue weighted by Gasteiger charge is -2.06. The normalized spacial score (nSPS) is 12.2. The molecule has 5 N–H and O–H groups in total. The lowest BCUT2D eigenvalue weighted by molar-refractivity contribution is -0.117. The van der Waals surface area contributed by atoms with Crippen molar-refractivity contribution in [2.24, 2.45) is 17.4 Å². The maximum absolute atomic E-state index is 10.9. The van der Waals surface area contributed by atoms with Gasteiger partial charge in [0.15, 0.2) is 0 Å². The average molecular weight is 205 g/mol. The van der Waals surface area contributed by atoms with Crippen LogP contribution in [0.3, 0.4) is 0 Å². The summed E-state index contributed by atoms with van der Waals surface area (Å²) in [5, 5.41) is 1.98. The molecule has 0 heterocycles. The molecule has 76 valence electrons. The summed E-state index contributed by atoms with van der Waals surface area (Å²) in [5.74, 6) is 1.07. The lowest BCUT2D eigenvalue weighted by Crippen LogP contribution is -2.36. The van der Waals surface area contributed by atoms with Gasteiger partial charge in [0.2, 0.25) is 5.91 Å². The van der Waals surface area contributed by atoms with Crippen molar-refractivity contribution >= 4 is 23.7 Å². The minimum absolute atomic E-state index is 0.243. The molecule has 1 atom stereocenters. The molecule has 0 saturated heterocycles. The Labute approximate surface area is 81.6 Å². The van der Waals surface area contributed by atoms with Gasteiger partial charge in [0.05, 0.1) is 5.75 Å². The van der Waals surface area contributed by atoms with Crippen LogP contribution < -0.4 is 16.8 Å². The molecule has 0 bridgehead atoms. The highest BCUT2D eigenvalue weighted by atomic mass is 32.2. The number of hydrogen-bond donors (Lipinski definition) is 3. The van der Waals surface area contributed by atoms with E-state index in [0.29, 0.717) is 12.5 Å². The van der Waals surface area contributed by atoms with E-state index in [9.17, 15) is 9.59 Å². The SMILES string of the molecule is CC(CN)CSCC(=O)NC(N)=O. The largest absolute Gasteiger partial charge is 0.351 e. The first-order valence-corrected chi connectivity index (χ1v) is 5.08. The first kappa shape index (κ1) is 12.2. The van der Waals surface area contributed by atoms with Gasteiger partial charge in [-0.05, 0) is 18.2 Å². The predicted octanol–water partition coefficient (Wildman–Crippen LogP) is -0.491. The van der Waals surface area contributed by atoms with Gasteiger partial charge in [-0.25, -0.2) is 4.79 Å². The van der Waals surface area contributed by atoms with Crippen LogP contribution in [0.25, 0.3) is 0 Å². The average Bonchev–Trinajstić information content (AvgIpc) is 2.02. The van der Waals surface area contributed by atoms with Crippen LogP contribution in [0.1, 0.15) is 6.92 Å². The van der Waals surface area contributed by atoms with Crippen LogP contribution in [-0.4, -0.2) is 30.0 Å². The Hall–Kier alpha value is -0.750. The number of nitrogens with two attached hydrogens (primary N) is 2. The van der Waals surface area contributed by atoms with Crippen LogP contribution in [0.2, 0.25) is 0 Å². The number of hydrogen-bond acceptors (Lipinski definition) is 4. The van der Waals surface area contributed by atoms with E-state index in [-0.39, 0.29) is 11.7 Å². The Morgan fingerprint density at radius 1 is 1.54 bits per heavy atom. The van der Waals surface area contributed by atoms with E-state index in [1.54, 1.807) is 0 Å². The van der Waals surface area contributed by atoms with Crippen LogP contribution in [0.5, 0.6) is 0 Å². The van der Waals surface area contributed by atoms with E-state index >= 15 is 0 Å². The maximum Gasteiger partial charge on any atom is 0.318 e. The molecule has 0 spiro atoms. The van der Waals surface area contributed by atoms with Gasteiger partial charge < -0.3 is 11.5 Å². The molecule has 0 saturated carbocycles. The van der Waals surface area contributed by atoms with Crippen molar-refractivity contribution < 1.29 is 9.59 Å². The number of amides is 3. The summed E-state index contributed by atoms with van der Waals surface area (Å²) in [5.41, 5.74) is 10.1. The summed E-state index contributed by atoms with van der Waals surface area (Å²) in [6.45, 7) is 2.60. The molecule has 0 aromatic rings. The van der Waals surface area contributed by atoms with Gasteiger partial charge in [-0.1, -0.05) is 6.92 Å². The third kappa shape index (κ3) is 7.61. The summed E-state index contributed by atoms with van der Waals surface area (Å²) < 4.78 is 0. The molecule has 0 aromatic heterocycles. The molecule has 5 nitrogen and oxygen atoms in total. The lowest BCUT2D eigenvalue weighted by atomic mass is 10.2. The number of carbonyl (C=O) groups is 2. The number of rotatable bonds is 5. The minimum Gasteiger partial charge on any atom is -0.351 e. The third-order valence-corrected chi connectivity index (χ3v) is 2.57. The van der Waals surface area contributed by atoms with Gasteiger partial charge >= 0.3 is 6.03 Å². The molecule has 1 unspecified atom stereocenters. The fraction of sp³-hybridized carbons (Fsp3) is 0.714. The van der Waals surface area contributed by atoms with E-state index in [1.165, 1.54) is 11.8 Å². The predicted molar refractivity (Wildman–Crippen MR) is 53.3 cm³/mol. The molecular weight excluding hydrogens is 190 g/mol. The van der Waals surface area contributed by atoms with Gasteiger partial charge in [-0.3, -0.25) is 10.1 Å². The summed E-state index contributed by atoms with van der Waals surface area (Å²) in [7, 11) is 0. The molecule has 0 aliphatic heterocycles. The van der Waals surface area contributed by atoms with Gasteiger partial charge in [0.1, 0.15) is 0 Å². The van der Waals surface area contributed by atoms with E-state index in [0.717, 1.165) is 5.75 Å². The van der Waals surface area contributed by atoms with Crippen LogP contribution in [0.15, 0.2) is 0 Å². The van der Waals surface area contributed by atoms with Crippen molar-refractivity contribution in [2.45, 2.75) is 6.92 Å². The van der Waals surface area contributed by atoms with Gasteiger partial charge in [-0.2, -0.15) is 11.8 Å². The molecule has 0 aliphatic carbocycles. The molecule has 0 aliphatic rings. The zero-order chi connectivity index (χ0) is 10.3. The number of thioether (sulfide) groups is 1. The minimum atomic E-state index is -0.808. The zero-order valence-electron chi connectivity index (χ0n) is 7.58. The molecular formula is C7H15N3O2S. The highest BCUT2D eigenvalue weighted by Crippen LogP contribution is 2.06. The van der Waals surface area contributed by atoms with Gasteiger partial charge in [0, 0.05) is 0 Å². The fourth-order valence-corrected chi connectivity index (χ4v) is 1.51. The Balaban J connectivity index is 3.42. The van der Waals surface area contributed by atoms with Crippen molar-refractivity contribution in [3.63, 3.8) is 0 Å². The van der Waals surface area contributed by atoms with Crippen LogP contribution in [-0.2, 0) is 4.79 Å². The van der Waals surface area contributed by atoms with E-state index in [2.05, 4.69) is 0 Å². The number of carbonyl (C=O) groups excluding carboxylic acids is 2. The third-order valence-electron chi connectivity index (χ3n) is 1.30. The summed E-state index contributed by atoms with van der Waals surface area (Å²) >= 11 is 1.44. The Kier molecular flexibility index (Phi) is 6.34. The van der Waals surface area contributed by atoms with Crippen molar-refractivity contribution in [3.8, 4) is 0 Å². The number of nitrogens with one attached hydrogen (secondary N) is 1. The van der Waals surface area contributed by atoms with Crippen LogP contribution >= 0.6 is 11.8 Å². The van der Waals surface area contributed by atoms with Gasteiger partial charge in [-0.15, -0.1) is 0 Å². The first-order chi connectivity index (χ1) is 6.06. The molecule has 13 heavy (non-hydrogen) atoms. The second-order valence-electron chi connectivity index (χ2n) is 2.77. The monoisotopic (exact) mass is 205 g/mol. The highest BCUT2D eigenvalue weighted by Gasteiger charge is 2.05. The number of primary amides is 1. The number of urea groups is 1. The van der Waals surface area contributed by atoms with Crippen LogP contribution in [0.4, 0.5) is 4.79 Å². The highest BCUT2D eigenvalue weighted by molar-refractivity contribution is 7.99. The van der Waals surface area contributed by atoms with Crippen molar-refractivity contribution in [1.82, 2.24) is 5.32 Å². The second-order valence-corrected chi connectivity index (χ2v) is 3.80. The van der Waals surface area contributed by atoms with Crippen LogP contribution in [0, 0.1) is 5.92 Å². The molecule has 3 amide bonds. The van der Waals surface area contributed by atoms with Gasteiger partial charge in [0.25, 0.3) is 0 Å².